The molecule has 0 spiro atoms. The van der Waals surface area contributed by atoms with Crippen LogP contribution in [0.3, 0.4) is 0 Å². The summed E-state index contributed by atoms with van der Waals surface area (Å²) in [5.74, 6) is 0.356. The van der Waals surface area contributed by atoms with Gasteiger partial charge in [-0.2, -0.15) is 0 Å². The number of benzene rings is 1. The van der Waals surface area contributed by atoms with Gasteiger partial charge in [-0.1, -0.05) is 19.9 Å². The lowest BCUT2D eigenvalue weighted by Gasteiger charge is -2.17. The van der Waals surface area contributed by atoms with Crippen molar-refractivity contribution in [2.75, 3.05) is 14.1 Å². The molecule has 128 valence electrons. The molecule has 4 nitrogen and oxygen atoms in total. The molecule has 24 heavy (non-hydrogen) atoms. The van der Waals surface area contributed by atoms with Gasteiger partial charge in [-0.3, -0.25) is 9.79 Å². The van der Waals surface area contributed by atoms with Crippen LogP contribution in [-0.2, 0) is 0 Å². The standard InChI is InChI=1S/C19H25N3OS/c1-7-12(2)14(4)21-17-13(3)15(18-20-10-11-24-18)8-9-16(17)19(23)22(5)6/h8-12H,7H2,1-6H3. The summed E-state index contributed by atoms with van der Waals surface area (Å²) < 4.78 is 0. The van der Waals surface area contributed by atoms with Gasteiger partial charge in [0.1, 0.15) is 5.01 Å². The first-order valence-corrected chi connectivity index (χ1v) is 9.05. The SMILES string of the molecule is CCC(C)C(C)=Nc1c(C(=O)N(C)C)ccc(-c2nccs2)c1C. The minimum atomic E-state index is -0.0282. The molecule has 0 fully saturated rings. The van der Waals surface area contributed by atoms with E-state index in [1.165, 1.54) is 0 Å². The number of rotatable bonds is 5. The number of aliphatic imine (C=N–C) groups is 1. The molecule has 0 bridgehead atoms. The molecular formula is C19H25N3OS. The molecule has 1 unspecified atom stereocenters. The molecule has 0 aliphatic rings. The molecule has 1 aromatic heterocycles. The molecule has 0 aliphatic heterocycles. The summed E-state index contributed by atoms with van der Waals surface area (Å²) in [5, 5.41) is 2.91. The van der Waals surface area contributed by atoms with Crippen molar-refractivity contribution in [3.63, 3.8) is 0 Å². The van der Waals surface area contributed by atoms with E-state index in [0.29, 0.717) is 11.5 Å². The van der Waals surface area contributed by atoms with Crippen molar-refractivity contribution in [1.29, 1.82) is 0 Å². The third-order valence-electron chi connectivity index (χ3n) is 4.34. The maximum atomic E-state index is 12.6. The van der Waals surface area contributed by atoms with Crippen LogP contribution in [0.4, 0.5) is 5.69 Å². The van der Waals surface area contributed by atoms with Gasteiger partial charge >= 0.3 is 0 Å². The molecular weight excluding hydrogens is 318 g/mol. The summed E-state index contributed by atoms with van der Waals surface area (Å²) in [6, 6.07) is 3.84. The average Bonchev–Trinajstić information content (AvgIpc) is 3.09. The number of carbonyl (C=O) groups is 1. The number of thiazole rings is 1. The Balaban J connectivity index is 2.66. The number of carbonyl (C=O) groups excluding carboxylic acids is 1. The van der Waals surface area contributed by atoms with E-state index < -0.39 is 0 Å². The van der Waals surface area contributed by atoms with Gasteiger partial charge in [-0.25, -0.2) is 4.98 Å². The predicted octanol–water partition coefficient (Wildman–Crippen LogP) is 4.96. The zero-order valence-electron chi connectivity index (χ0n) is 15.3. The lowest BCUT2D eigenvalue weighted by atomic mass is 9.99. The van der Waals surface area contributed by atoms with Crippen LogP contribution in [0, 0.1) is 12.8 Å². The highest BCUT2D eigenvalue weighted by Crippen LogP contribution is 2.35. The van der Waals surface area contributed by atoms with Gasteiger partial charge in [0.25, 0.3) is 5.91 Å². The van der Waals surface area contributed by atoms with Gasteiger partial charge in [0, 0.05) is 36.9 Å². The van der Waals surface area contributed by atoms with Crippen molar-refractivity contribution in [2.24, 2.45) is 10.9 Å². The zero-order valence-corrected chi connectivity index (χ0v) is 16.1. The van der Waals surface area contributed by atoms with Crippen LogP contribution in [0.1, 0.15) is 43.1 Å². The van der Waals surface area contributed by atoms with Gasteiger partial charge in [0.05, 0.1) is 11.3 Å². The second-order valence-electron chi connectivity index (χ2n) is 6.23. The molecule has 0 radical (unpaired) electrons. The molecule has 1 heterocycles. The Bertz CT molecular complexity index is 748. The third kappa shape index (κ3) is 3.73. The quantitative estimate of drug-likeness (QED) is 0.720. The Hall–Kier alpha value is -2.01. The van der Waals surface area contributed by atoms with E-state index >= 15 is 0 Å². The number of hydrogen-bond donors (Lipinski definition) is 0. The van der Waals surface area contributed by atoms with Gasteiger partial charge < -0.3 is 4.90 Å². The fraction of sp³-hybridized carbons (Fsp3) is 0.421. The van der Waals surface area contributed by atoms with E-state index in [9.17, 15) is 4.79 Å². The molecule has 1 aromatic carbocycles. The van der Waals surface area contributed by atoms with Gasteiger partial charge in [0.15, 0.2) is 0 Å². The van der Waals surface area contributed by atoms with E-state index in [0.717, 1.165) is 34.0 Å². The van der Waals surface area contributed by atoms with Crippen molar-refractivity contribution < 1.29 is 4.79 Å². The first-order valence-electron chi connectivity index (χ1n) is 8.17. The highest BCUT2D eigenvalue weighted by atomic mass is 32.1. The lowest BCUT2D eigenvalue weighted by molar-refractivity contribution is 0.0828. The van der Waals surface area contributed by atoms with E-state index in [1.807, 2.05) is 31.4 Å². The number of nitrogens with zero attached hydrogens (tertiary/aromatic N) is 3. The Morgan fingerprint density at radius 2 is 2.08 bits per heavy atom. The summed E-state index contributed by atoms with van der Waals surface area (Å²) in [5.41, 5.74) is 4.49. The minimum Gasteiger partial charge on any atom is -0.345 e. The fourth-order valence-electron chi connectivity index (χ4n) is 2.43. The molecule has 0 saturated carbocycles. The smallest absolute Gasteiger partial charge is 0.255 e. The fourth-order valence-corrected chi connectivity index (χ4v) is 3.15. The number of hydrogen-bond acceptors (Lipinski definition) is 4. The van der Waals surface area contributed by atoms with Gasteiger partial charge in [0.2, 0.25) is 0 Å². The van der Waals surface area contributed by atoms with Crippen LogP contribution in [-0.4, -0.2) is 35.6 Å². The number of amides is 1. The summed E-state index contributed by atoms with van der Waals surface area (Å²) in [6.07, 6.45) is 2.82. The van der Waals surface area contributed by atoms with E-state index in [1.54, 1.807) is 36.5 Å². The first-order chi connectivity index (χ1) is 11.4. The third-order valence-corrected chi connectivity index (χ3v) is 5.15. The van der Waals surface area contributed by atoms with Crippen LogP contribution in [0.2, 0.25) is 0 Å². The maximum absolute atomic E-state index is 12.6. The highest BCUT2D eigenvalue weighted by molar-refractivity contribution is 7.13. The predicted molar refractivity (Wildman–Crippen MR) is 103 cm³/mol. The molecule has 0 saturated heterocycles. The Kier molecular flexibility index (Phi) is 5.89. The molecule has 2 aromatic rings. The second-order valence-corrected chi connectivity index (χ2v) is 7.13. The van der Waals surface area contributed by atoms with Crippen LogP contribution in [0.25, 0.3) is 10.6 Å². The summed E-state index contributed by atoms with van der Waals surface area (Å²) in [6.45, 7) is 8.36. The van der Waals surface area contributed by atoms with Crippen molar-refractivity contribution in [2.45, 2.75) is 34.1 Å². The van der Waals surface area contributed by atoms with Crippen LogP contribution < -0.4 is 0 Å². The van der Waals surface area contributed by atoms with Crippen molar-refractivity contribution in [1.82, 2.24) is 9.88 Å². The molecule has 0 aliphatic carbocycles. The summed E-state index contributed by atoms with van der Waals surface area (Å²) >= 11 is 1.59. The van der Waals surface area contributed by atoms with Crippen molar-refractivity contribution in [3.8, 4) is 10.6 Å². The lowest BCUT2D eigenvalue weighted by Crippen LogP contribution is -2.22. The second kappa shape index (κ2) is 7.71. The van der Waals surface area contributed by atoms with Crippen LogP contribution in [0.5, 0.6) is 0 Å². The maximum Gasteiger partial charge on any atom is 0.255 e. The monoisotopic (exact) mass is 343 g/mol. The largest absolute Gasteiger partial charge is 0.345 e. The van der Waals surface area contributed by atoms with Gasteiger partial charge in [-0.15, -0.1) is 11.3 Å². The molecule has 1 atom stereocenters. The Labute approximate surface area is 148 Å². The highest BCUT2D eigenvalue weighted by Gasteiger charge is 2.19. The van der Waals surface area contributed by atoms with Crippen molar-refractivity contribution >= 4 is 28.6 Å². The first kappa shape index (κ1) is 18.3. The van der Waals surface area contributed by atoms with Crippen molar-refractivity contribution in [3.05, 3.63) is 34.8 Å². The molecule has 0 N–H and O–H groups in total. The minimum absolute atomic E-state index is 0.0282. The van der Waals surface area contributed by atoms with Crippen LogP contribution >= 0.6 is 11.3 Å². The Morgan fingerprint density at radius 3 is 2.62 bits per heavy atom. The normalized spacial score (nSPS) is 13.0. The topological polar surface area (TPSA) is 45.6 Å². The van der Waals surface area contributed by atoms with E-state index in [2.05, 4.69) is 18.8 Å². The van der Waals surface area contributed by atoms with Gasteiger partial charge in [-0.05, 0) is 37.8 Å². The molecule has 2 rings (SSSR count). The number of aromatic nitrogens is 1. The van der Waals surface area contributed by atoms with E-state index in [-0.39, 0.29) is 5.91 Å². The van der Waals surface area contributed by atoms with E-state index in [4.69, 9.17) is 4.99 Å². The van der Waals surface area contributed by atoms with Crippen LogP contribution in [0.15, 0.2) is 28.7 Å². The zero-order chi connectivity index (χ0) is 17.9. The summed E-state index contributed by atoms with van der Waals surface area (Å²) in [4.78, 5) is 23.4. The molecule has 1 amide bonds. The average molecular weight is 343 g/mol. The molecule has 5 heteroatoms. The summed E-state index contributed by atoms with van der Waals surface area (Å²) in [7, 11) is 3.53. The Morgan fingerprint density at radius 1 is 1.38 bits per heavy atom.